The molecule has 1 amide bonds. The fraction of sp³-hybridized carbons (Fsp3) is 0.312. The Hall–Kier alpha value is -2.84. The molecule has 0 radical (unpaired) electrons. The smallest absolute Gasteiger partial charge is 0.370 e. The third-order valence-corrected chi connectivity index (χ3v) is 3.19. The van der Waals surface area contributed by atoms with Crippen molar-refractivity contribution in [1.29, 1.82) is 0 Å². The van der Waals surface area contributed by atoms with Gasteiger partial charge in [-0.05, 0) is 24.6 Å². The van der Waals surface area contributed by atoms with E-state index in [0.717, 1.165) is 11.8 Å². The van der Waals surface area contributed by atoms with E-state index in [0.29, 0.717) is 18.8 Å². The Morgan fingerprint density at radius 1 is 1.20 bits per heavy atom. The summed E-state index contributed by atoms with van der Waals surface area (Å²) in [6, 6.07) is 7.03. The highest BCUT2D eigenvalue weighted by Gasteiger charge is 2.35. The van der Waals surface area contributed by atoms with Crippen LogP contribution < -0.4 is 16.0 Å². The Morgan fingerprint density at radius 3 is 2.44 bits per heavy atom. The quantitative estimate of drug-likeness (QED) is 0.743. The summed E-state index contributed by atoms with van der Waals surface area (Å²) in [6.07, 6.45) is -3.78. The predicted molar refractivity (Wildman–Crippen MR) is 88.4 cm³/mol. The summed E-state index contributed by atoms with van der Waals surface area (Å²) in [5.41, 5.74) is 0.599. The van der Waals surface area contributed by atoms with Crippen LogP contribution in [0.3, 0.4) is 0 Å². The molecular formula is C16H18F3N5O. The minimum Gasteiger partial charge on any atom is -0.370 e. The molecule has 2 rings (SSSR count). The normalized spacial score (nSPS) is 11.1. The Kier molecular flexibility index (Phi) is 5.79. The minimum atomic E-state index is -4.53. The number of hydrogen-bond acceptors (Lipinski definition) is 5. The number of hydrogen-bond donors (Lipinski definition) is 3. The maximum Gasteiger partial charge on any atom is 0.421 e. The van der Waals surface area contributed by atoms with Gasteiger partial charge in [-0.15, -0.1) is 0 Å². The van der Waals surface area contributed by atoms with Gasteiger partial charge in [-0.3, -0.25) is 4.79 Å². The van der Waals surface area contributed by atoms with Gasteiger partial charge >= 0.3 is 6.18 Å². The largest absolute Gasteiger partial charge is 0.421 e. The second-order valence-corrected chi connectivity index (χ2v) is 5.22. The molecule has 1 aromatic carbocycles. The van der Waals surface area contributed by atoms with Gasteiger partial charge in [0.15, 0.2) is 0 Å². The van der Waals surface area contributed by atoms with E-state index in [1.807, 2.05) is 0 Å². The van der Waals surface area contributed by atoms with Crippen LogP contribution in [0.5, 0.6) is 0 Å². The molecule has 1 aromatic heterocycles. The van der Waals surface area contributed by atoms with Crippen molar-refractivity contribution < 1.29 is 18.0 Å². The number of anilines is 3. The van der Waals surface area contributed by atoms with Crippen LogP contribution in [-0.4, -0.2) is 22.4 Å². The minimum absolute atomic E-state index is 0.0542. The van der Waals surface area contributed by atoms with Gasteiger partial charge in [-0.1, -0.05) is 12.1 Å². The average molecular weight is 353 g/mol. The van der Waals surface area contributed by atoms with Crippen molar-refractivity contribution in [2.45, 2.75) is 26.6 Å². The first-order valence-corrected chi connectivity index (χ1v) is 7.58. The number of nitrogens with one attached hydrogen (secondary N) is 3. The van der Waals surface area contributed by atoms with Crippen molar-refractivity contribution in [3.63, 3.8) is 0 Å². The molecule has 0 saturated carbocycles. The molecule has 0 atom stereocenters. The molecule has 0 saturated heterocycles. The highest BCUT2D eigenvalue weighted by atomic mass is 19.4. The van der Waals surface area contributed by atoms with E-state index in [9.17, 15) is 18.0 Å². The van der Waals surface area contributed by atoms with E-state index < -0.39 is 11.7 Å². The second-order valence-electron chi connectivity index (χ2n) is 5.22. The van der Waals surface area contributed by atoms with Gasteiger partial charge in [0, 0.05) is 31.9 Å². The monoisotopic (exact) mass is 353 g/mol. The van der Waals surface area contributed by atoms with Crippen LogP contribution in [0.15, 0.2) is 30.5 Å². The lowest BCUT2D eigenvalue weighted by atomic mass is 10.2. The number of carbonyl (C=O) groups is 1. The zero-order chi connectivity index (χ0) is 18.4. The number of rotatable bonds is 6. The van der Waals surface area contributed by atoms with Crippen LogP contribution in [0, 0.1) is 0 Å². The molecule has 0 aliphatic heterocycles. The van der Waals surface area contributed by atoms with Crippen LogP contribution >= 0.6 is 0 Å². The Labute approximate surface area is 142 Å². The lowest BCUT2D eigenvalue weighted by Gasteiger charge is -2.14. The predicted octanol–water partition coefficient (Wildman–Crippen LogP) is 3.31. The van der Waals surface area contributed by atoms with E-state index in [1.165, 1.54) is 6.92 Å². The van der Waals surface area contributed by atoms with Crippen molar-refractivity contribution in [2.75, 3.05) is 17.2 Å². The highest BCUT2D eigenvalue weighted by Crippen LogP contribution is 2.34. The zero-order valence-corrected chi connectivity index (χ0v) is 13.7. The van der Waals surface area contributed by atoms with Crippen LogP contribution in [0.2, 0.25) is 0 Å². The molecule has 2 aromatic rings. The summed E-state index contributed by atoms with van der Waals surface area (Å²) in [6.45, 7) is 3.82. The summed E-state index contributed by atoms with van der Waals surface area (Å²) in [4.78, 5) is 18.5. The van der Waals surface area contributed by atoms with Crippen molar-refractivity contribution in [3.05, 3.63) is 41.6 Å². The van der Waals surface area contributed by atoms with Gasteiger partial charge in [0.25, 0.3) is 0 Å². The van der Waals surface area contributed by atoms with Gasteiger partial charge in [0.05, 0.1) is 0 Å². The second kappa shape index (κ2) is 7.82. The number of halogens is 3. The number of alkyl halides is 3. The number of nitrogens with zero attached hydrogens (tertiary/aromatic N) is 2. The maximum absolute atomic E-state index is 12.9. The van der Waals surface area contributed by atoms with E-state index in [-0.39, 0.29) is 17.7 Å². The molecular weight excluding hydrogens is 335 g/mol. The topological polar surface area (TPSA) is 78.9 Å². The number of amides is 1. The first-order chi connectivity index (χ1) is 11.8. The van der Waals surface area contributed by atoms with Crippen LogP contribution in [0.25, 0.3) is 0 Å². The summed E-state index contributed by atoms with van der Waals surface area (Å²) in [5, 5.41) is 8.12. The third kappa shape index (κ3) is 5.33. The highest BCUT2D eigenvalue weighted by molar-refractivity contribution is 5.72. The van der Waals surface area contributed by atoms with Crippen LogP contribution in [-0.2, 0) is 17.5 Å². The van der Waals surface area contributed by atoms with Crippen LogP contribution in [0.4, 0.5) is 30.6 Å². The van der Waals surface area contributed by atoms with Crippen molar-refractivity contribution in [3.8, 4) is 0 Å². The molecule has 9 heteroatoms. The molecule has 0 fully saturated rings. The standard InChI is InChI=1S/C16H18F3N5O/c1-3-20-14-13(16(17,18)19)9-22-15(24-14)23-12-6-4-11(5-7-12)8-21-10(2)25/h4-7,9H,3,8H2,1-2H3,(H,21,25)(H2,20,22,23,24). The summed E-state index contributed by atoms with van der Waals surface area (Å²) < 4.78 is 38.8. The van der Waals surface area contributed by atoms with Crippen molar-refractivity contribution in [1.82, 2.24) is 15.3 Å². The van der Waals surface area contributed by atoms with E-state index in [4.69, 9.17) is 0 Å². The van der Waals surface area contributed by atoms with Crippen molar-refractivity contribution >= 4 is 23.4 Å². The molecule has 0 unspecified atom stereocenters. The van der Waals surface area contributed by atoms with Gasteiger partial charge < -0.3 is 16.0 Å². The lowest BCUT2D eigenvalue weighted by molar-refractivity contribution is -0.137. The summed E-state index contributed by atoms with van der Waals surface area (Å²) in [5.74, 6) is -0.343. The maximum atomic E-state index is 12.9. The number of benzene rings is 1. The fourth-order valence-electron chi connectivity index (χ4n) is 2.01. The van der Waals surface area contributed by atoms with Gasteiger partial charge in [0.2, 0.25) is 11.9 Å². The first kappa shape index (κ1) is 18.5. The number of carbonyl (C=O) groups excluding carboxylic acids is 1. The van der Waals surface area contributed by atoms with Gasteiger partial charge in [0.1, 0.15) is 11.4 Å². The summed E-state index contributed by atoms with van der Waals surface area (Å²) >= 11 is 0. The molecule has 3 N–H and O–H groups in total. The van der Waals surface area contributed by atoms with Gasteiger partial charge in [-0.2, -0.15) is 18.2 Å². The first-order valence-electron chi connectivity index (χ1n) is 7.58. The molecule has 0 aliphatic rings. The van der Waals surface area contributed by atoms with Crippen molar-refractivity contribution in [2.24, 2.45) is 0 Å². The lowest BCUT2D eigenvalue weighted by Crippen LogP contribution is -2.18. The average Bonchev–Trinajstić information content (AvgIpc) is 2.53. The summed E-state index contributed by atoms with van der Waals surface area (Å²) in [7, 11) is 0. The zero-order valence-electron chi connectivity index (χ0n) is 13.7. The van der Waals surface area contributed by atoms with E-state index in [2.05, 4.69) is 25.9 Å². The van der Waals surface area contributed by atoms with Gasteiger partial charge in [-0.25, -0.2) is 4.98 Å². The Balaban J connectivity index is 2.14. The molecule has 0 spiro atoms. The van der Waals surface area contributed by atoms with Crippen LogP contribution in [0.1, 0.15) is 25.0 Å². The molecule has 0 bridgehead atoms. The fourth-order valence-corrected chi connectivity index (χ4v) is 2.01. The SMILES string of the molecule is CCNc1nc(Nc2ccc(CNC(C)=O)cc2)ncc1C(F)(F)F. The molecule has 25 heavy (non-hydrogen) atoms. The Morgan fingerprint density at radius 2 is 1.88 bits per heavy atom. The molecule has 6 nitrogen and oxygen atoms in total. The molecule has 1 heterocycles. The molecule has 134 valence electrons. The van der Waals surface area contributed by atoms with E-state index in [1.54, 1.807) is 31.2 Å². The number of aromatic nitrogens is 2. The molecule has 0 aliphatic carbocycles. The Bertz CT molecular complexity index is 732. The van der Waals surface area contributed by atoms with E-state index >= 15 is 0 Å². The third-order valence-electron chi connectivity index (χ3n) is 3.19.